The summed E-state index contributed by atoms with van der Waals surface area (Å²) in [7, 11) is 1.60. The summed E-state index contributed by atoms with van der Waals surface area (Å²) < 4.78 is 10.8. The molecule has 4 heteroatoms. The van der Waals surface area contributed by atoms with E-state index in [1.807, 2.05) is 17.5 Å². The largest absolute Gasteiger partial charge is 0.493 e. The summed E-state index contributed by atoms with van der Waals surface area (Å²) in [5, 5.41) is 4.09. The highest BCUT2D eigenvalue weighted by atomic mass is 32.1. The van der Waals surface area contributed by atoms with Gasteiger partial charge in [-0.15, -0.1) is 0 Å². The molecule has 16 heavy (non-hydrogen) atoms. The first-order chi connectivity index (χ1) is 7.79. The third kappa shape index (κ3) is 2.46. The molecule has 2 aromatic rings. The fraction of sp³-hybridized carbons (Fsp3) is 0.167. The number of hydrogen-bond acceptors (Lipinski definition) is 4. The Morgan fingerprint density at radius 2 is 2.12 bits per heavy atom. The second kappa shape index (κ2) is 4.90. The van der Waals surface area contributed by atoms with Gasteiger partial charge in [-0.3, -0.25) is 0 Å². The van der Waals surface area contributed by atoms with Crippen LogP contribution in [0.1, 0.15) is 5.56 Å². The SMILES string of the molecule is COc1cc(N)ccc1OCc1ccsc1. The summed E-state index contributed by atoms with van der Waals surface area (Å²) >= 11 is 1.66. The molecule has 0 spiro atoms. The highest BCUT2D eigenvalue weighted by Crippen LogP contribution is 2.29. The molecular formula is C12H13NO2S. The van der Waals surface area contributed by atoms with Gasteiger partial charge in [0.25, 0.3) is 0 Å². The van der Waals surface area contributed by atoms with Crippen LogP contribution in [-0.2, 0) is 6.61 Å². The maximum atomic E-state index is 5.66. The molecule has 0 aliphatic rings. The molecule has 0 unspecified atom stereocenters. The molecule has 0 saturated heterocycles. The van der Waals surface area contributed by atoms with Gasteiger partial charge in [0.1, 0.15) is 6.61 Å². The third-order valence-corrected chi connectivity index (χ3v) is 2.89. The number of ether oxygens (including phenoxy) is 2. The monoisotopic (exact) mass is 235 g/mol. The first-order valence-corrected chi connectivity index (χ1v) is 5.81. The molecule has 3 nitrogen and oxygen atoms in total. The van der Waals surface area contributed by atoms with Crippen molar-refractivity contribution in [1.82, 2.24) is 0 Å². The second-order valence-corrected chi connectivity index (χ2v) is 4.11. The van der Waals surface area contributed by atoms with Gasteiger partial charge in [0.05, 0.1) is 7.11 Å². The minimum Gasteiger partial charge on any atom is -0.493 e. The quantitative estimate of drug-likeness (QED) is 0.829. The molecule has 1 aromatic carbocycles. The van der Waals surface area contributed by atoms with Crippen LogP contribution in [-0.4, -0.2) is 7.11 Å². The van der Waals surface area contributed by atoms with Crippen molar-refractivity contribution >= 4 is 17.0 Å². The normalized spacial score (nSPS) is 10.1. The zero-order valence-corrected chi connectivity index (χ0v) is 9.79. The summed E-state index contributed by atoms with van der Waals surface area (Å²) in [6.07, 6.45) is 0. The Kier molecular flexibility index (Phi) is 3.31. The number of rotatable bonds is 4. The van der Waals surface area contributed by atoms with Crippen molar-refractivity contribution in [3.05, 3.63) is 40.6 Å². The predicted octanol–water partition coefficient (Wildman–Crippen LogP) is 2.92. The molecule has 2 rings (SSSR count). The van der Waals surface area contributed by atoms with E-state index in [1.165, 1.54) is 0 Å². The lowest BCUT2D eigenvalue weighted by Crippen LogP contribution is -1.97. The molecule has 2 N–H and O–H groups in total. The van der Waals surface area contributed by atoms with Gasteiger partial charge in [-0.1, -0.05) is 0 Å². The van der Waals surface area contributed by atoms with Crippen molar-refractivity contribution < 1.29 is 9.47 Å². The molecule has 84 valence electrons. The minimum absolute atomic E-state index is 0.545. The van der Waals surface area contributed by atoms with Crippen molar-refractivity contribution in [2.24, 2.45) is 0 Å². The zero-order valence-electron chi connectivity index (χ0n) is 8.97. The molecular weight excluding hydrogens is 222 g/mol. The molecule has 0 radical (unpaired) electrons. The first kappa shape index (κ1) is 10.8. The highest BCUT2D eigenvalue weighted by Gasteiger charge is 2.04. The van der Waals surface area contributed by atoms with Crippen molar-refractivity contribution in [2.45, 2.75) is 6.61 Å². The fourth-order valence-corrected chi connectivity index (χ4v) is 1.99. The van der Waals surface area contributed by atoms with Gasteiger partial charge in [-0.25, -0.2) is 0 Å². The summed E-state index contributed by atoms with van der Waals surface area (Å²) in [6.45, 7) is 0.545. The molecule has 0 bridgehead atoms. The Morgan fingerprint density at radius 1 is 1.25 bits per heavy atom. The second-order valence-electron chi connectivity index (χ2n) is 3.33. The van der Waals surface area contributed by atoms with E-state index in [-0.39, 0.29) is 0 Å². The fourth-order valence-electron chi connectivity index (χ4n) is 1.34. The number of nitrogens with two attached hydrogens (primary N) is 1. The van der Waals surface area contributed by atoms with Crippen molar-refractivity contribution in [3.8, 4) is 11.5 Å². The maximum Gasteiger partial charge on any atom is 0.162 e. The van der Waals surface area contributed by atoms with Crippen molar-refractivity contribution in [1.29, 1.82) is 0 Å². The van der Waals surface area contributed by atoms with Crippen LogP contribution in [0.2, 0.25) is 0 Å². The topological polar surface area (TPSA) is 44.5 Å². The number of benzene rings is 1. The molecule has 1 heterocycles. The van der Waals surface area contributed by atoms with Crippen LogP contribution in [0.25, 0.3) is 0 Å². The van der Waals surface area contributed by atoms with E-state index >= 15 is 0 Å². The third-order valence-electron chi connectivity index (χ3n) is 2.16. The van der Waals surface area contributed by atoms with Gasteiger partial charge in [0.2, 0.25) is 0 Å². The molecule has 1 aromatic heterocycles. The number of anilines is 1. The molecule has 0 amide bonds. The van der Waals surface area contributed by atoms with Crippen molar-refractivity contribution in [3.63, 3.8) is 0 Å². The number of nitrogen functional groups attached to an aromatic ring is 1. The Hall–Kier alpha value is -1.68. The number of thiophene rings is 1. The van der Waals surface area contributed by atoms with E-state index < -0.39 is 0 Å². The lowest BCUT2D eigenvalue weighted by Gasteiger charge is -2.10. The van der Waals surface area contributed by atoms with Crippen LogP contribution in [0, 0.1) is 0 Å². The van der Waals surface area contributed by atoms with Crippen LogP contribution < -0.4 is 15.2 Å². The molecule has 0 atom stereocenters. The van der Waals surface area contributed by atoms with E-state index in [9.17, 15) is 0 Å². The van der Waals surface area contributed by atoms with Crippen LogP contribution in [0.3, 0.4) is 0 Å². The van der Waals surface area contributed by atoms with Crippen LogP contribution in [0.15, 0.2) is 35.0 Å². The lowest BCUT2D eigenvalue weighted by molar-refractivity contribution is 0.285. The number of methoxy groups -OCH3 is 1. The van der Waals surface area contributed by atoms with E-state index in [4.69, 9.17) is 15.2 Å². The first-order valence-electron chi connectivity index (χ1n) is 4.87. The minimum atomic E-state index is 0.545. The van der Waals surface area contributed by atoms with Crippen molar-refractivity contribution in [2.75, 3.05) is 12.8 Å². The lowest BCUT2D eigenvalue weighted by atomic mass is 10.3. The molecule has 0 saturated carbocycles. The van der Waals surface area contributed by atoms with Gasteiger partial charge in [0, 0.05) is 11.8 Å². The van der Waals surface area contributed by atoms with Gasteiger partial charge >= 0.3 is 0 Å². The van der Waals surface area contributed by atoms with E-state index in [0.717, 1.165) is 5.56 Å². The standard InChI is InChI=1S/C12H13NO2S/c1-14-12-6-10(13)2-3-11(12)15-7-9-4-5-16-8-9/h2-6,8H,7,13H2,1H3. The smallest absolute Gasteiger partial charge is 0.162 e. The molecule has 0 aliphatic carbocycles. The van der Waals surface area contributed by atoms with Crippen LogP contribution in [0.4, 0.5) is 5.69 Å². The zero-order chi connectivity index (χ0) is 11.4. The molecule has 0 aliphatic heterocycles. The van der Waals surface area contributed by atoms with E-state index in [1.54, 1.807) is 30.6 Å². The van der Waals surface area contributed by atoms with Gasteiger partial charge < -0.3 is 15.2 Å². The Bertz CT molecular complexity index is 454. The van der Waals surface area contributed by atoms with E-state index in [2.05, 4.69) is 5.38 Å². The maximum absolute atomic E-state index is 5.66. The highest BCUT2D eigenvalue weighted by molar-refractivity contribution is 7.07. The van der Waals surface area contributed by atoms with Gasteiger partial charge in [-0.2, -0.15) is 11.3 Å². The summed E-state index contributed by atoms with van der Waals surface area (Å²) in [6, 6.07) is 7.41. The van der Waals surface area contributed by atoms with Gasteiger partial charge in [-0.05, 0) is 34.5 Å². The number of hydrogen-bond donors (Lipinski definition) is 1. The van der Waals surface area contributed by atoms with E-state index in [0.29, 0.717) is 23.8 Å². The summed E-state index contributed by atoms with van der Waals surface area (Å²) in [5.74, 6) is 1.37. The van der Waals surface area contributed by atoms with Crippen LogP contribution in [0.5, 0.6) is 11.5 Å². The summed E-state index contributed by atoms with van der Waals surface area (Å²) in [5.41, 5.74) is 7.48. The average molecular weight is 235 g/mol. The summed E-state index contributed by atoms with van der Waals surface area (Å²) in [4.78, 5) is 0. The Balaban J connectivity index is 2.09. The average Bonchev–Trinajstić information content (AvgIpc) is 2.80. The Morgan fingerprint density at radius 3 is 2.81 bits per heavy atom. The predicted molar refractivity (Wildman–Crippen MR) is 66.1 cm³/mol. The van der Waals surface area contributed by atoms with Crippen LogP contribution >= 0.6 is 11.3 Å². The van der Waals surface area contributed by atoms with Gasteiger partial charge in [0.15, 0.2) is 11.5 Å². The Labute approximate surface area is 98.4 Å². The molecule has 0 fully saturated rings.